The maximum atomic E-state index is 13.1. The Morgan fingerprint density at radius 2 is 1.83 bits per heavy atom. The fourth-order valence-electron chi connectivity index (χ4n) is 3.26. The molecule has 156 valence electrons. The first-order valence-electron chi connectivity index (χ1n) is 9.36. The molecule has 2 aromatic rings. The second-order valence-electron chi connectivity index (χ2n) is 6.87. The molecule has 0 saturated carbocycles. The first kappa shape index (κ1) is 21.0. The number of sulfonamides is 1. The van der Waals surface area contributed by atoms with Gasteiger partial charge in [0.1, 0.15) is 0 Å². The summed E-state index contributed by atoms with van der Waals surface area (Å²) in [7, 11) is -1.06. The normalized spacial score (nSPS) is 15.5. The van der Waals surface area contributed by atoms with Gasteiger partial charge in [-0.15, -0.1) is 0 Å². The van der Waals surface area contributed by atoms with E-state index in [0.29, 0.717) is 18.8 Å². The van der Waals surface area contributed by atoms with Gasteiger partial charge in [-0.25, -0.2) is 13.2 Å². The molecule has 1 aromatic carbocycles. The van der Waals surface area contributed by atoms with Crippen LogP contribution in [0.5, 0.6) is 0 Å². The highest BCUT2D eigenvalue weighted by atomic mass is 32.2. The van der Waals surface area contributed by atoms with Crippen molar-refractivity contribution in [3.05, 3.63) is 41.6 Å². The average molecular weight is 420 g/mol. The van der Waals surface area contributed by atoms with E-state index in [1.54, 1.807) is 25.2 Å². The Hall–Kier alpha value is -2.72. The fraction of sp³-hybridized carbons (Fsp3) is 0.421. The van der Waals surface area contributed by atoms with Crippen LogP contribution in [0.3, 0.4) is 0 Å². The minimum atomic E-state index is -3.89. The molecule has 3 rings (SSSR count). The van der Waals surface area contributed by atoms with Crippen LogP contribution in [0.15, 0.2) is 35.5 Å². The van der Waals surface area contributed by atoms with Crippen molar-refractivity contribution in [2.75, 3.05) is 25.5 Å². The molecule has 1 saturated heterocycles. The van der Waals surface area contributed by atoms with E-state index in [-0.39, 0.29) is 16.2 Å². The summed E-state index contributed by atoms with van der Waals surface area (Å²) in [4.78, 5) is 24.5. The van der Waals surface area contributed by atoms with Crippen molar-refractivity contribution < 1.29 is 22.7 Å². The first-order chi connectivity index (χ1) is 13.8. The molecule has 10 heteroatoms. The average Bonchev–Trinajstić information content (AvgIpc) is 2.91. The lowest BCUT2D eigenvalue weighted by Gasteiger charge is -2.19. The van der Waals surface area contributed by atoms with Gasteiger partial charge in [-0.05, 0) is 31.0 Å². The van der Waals surface area contributed by atoms with Gasteiger partial charge in [-0.3, -0.25) is 9.48 Å². The molecular formula is C19H24N4O5S. The van der Waals surface area contributed by atoms with Crippen LogP contribution in [0.25, 0.3) is 0 Å². The number of hydrogen-bond acceptors (Lipinski definition) is 6. The number of anilines is 1. The zero-order valence-corrected chi connectivity index (χ0v) is 17.2. The summed E-state index contributed by atoms with van der Waals surface area (Å²) in [5, 5.41) is 6.44. The van der Waals surface area contributed by atoms with Crippen LogP contribution in [0.1, 0.15) is 46.4 Å². The number of aryl methyl sites for hydroxylation is 1. The van der Waals surface area contributed by atoms with Gasteiger partial charge in [0.05, 0.1) is 18.2 Å². The largest absolute Gasteiger partial charge is 0.465 e. The van der Waals surface area contributed by atoms with Crippen molar-refractivity contribution in [2.45, 2.75) is 30.7 Å². The summed E-state index contributed by atoms with van der Waals surface area (Å²) in [5.74, 6) is -1.15. The zero-order chi connectivity index (χ0) is 21.0. The highest BCUT2D eigenvalue weighted by Crippen LogP contribution is 2.23. The van der Waals surface area contributed by atoms with E-state index in [2.05, 4.69) is 15.2 Å². The number of amides is 1. The van der Waals surface area contributed by atoms with E-state index in [1.807, 2.05) is 0 Å². The Kier molecular flexibility index (Phi) is 6.33. The van der Waals surface area contributed by atoms with E-state index < -0.39 is 21.9 Å². The molecule has 1 aliphatic rings. The predicted molar refractivity (Wildman–Crippen MR) is 106 cm³/mol. The minimum absolute atomic E-state index is 0.0415. The summed E-state index contributed by atoms with van der Waals surface area (Å²) in [5.41, 5.74) is 0.578. The Labute approximate surface area is 169 Å². The lowest BCUT2D eigenvalue weighted by Crippen LogP contribution is -2.33. The second-order valence-corrected chi connectivity index (χ2v) is 8.72. The van der Waals surface area contributed by atoms with Crippen LogP contribution in [0.4, 0.5) is 5.69 Å². The molecule has 0 unspecified atom stereocenters. The lowest BCUT2D eigenvalue weighted by atomic mass is 10.2. The van der Waals surface area contributed by atoms with Gasteiger partial charge in [0, 0.05) is 32.0 Å². The van der Waals surface area contributed by atoms with Crippen molar-refractivity contribution in [3.8, 4) is 0 Å². The van der Waals surface area contributed by atoms with Gasteiger partial charge in [-0.1, -0.05) is 18.9 Å². The highest BCUT2D eigenvalue weighted by Gasteiger charge is 2.32. The molecule has 1 N–H and O–H groups in total. The Morgan fingerprint density at radius 3 is 2.48 bits per heavy atom. The molecule has 0 spiro atoms. The molecule has 1 aromatic heterocycles. The number of aromatic nitrogens is 2. The number of carbonyl (C=O) groups is 2. The molecule has 0 radical (unpaired) electrons. The first-order valence-corrected chi connectivity index (χ1v) is 10.8. The maximum absolute atomic E-state index is 13.1. The minimum Gasteiger partial charge on any atom is -0.465 e. The summed E-state index contributed by atoms with van der Waals surface area (Å²) in [6, 6.07) is 6.22. The van der Waals surface area contributed by atoms with E-state index in [4.69, 9.17) is 0 Å². The number of hydrogen-bond donors (Lipinski definition) is 1. The van der Waals surface area contributed by atoms with E-state index in [0.717, 1.165) is 25.7 Å². The van der Waals surface area contributed by atoms with Gasteiger partial charge in [0.15, 0.2) is 0 Å². The number of nitrogens with zero attached hydrogens (tertiary/aromatic N) is 3. The van der Waals surface area contributed by atoms with Crippen molar-refractivity contribution in [1.82, 2.24) is 14.1 Å². The highest BCUT2D eigenvalue weighted by molar-refractivity contribution is 7.89. The Balaban J connectivity index is 1.88. The van der Waals surface area contributed by atoms with Gasteiger partial charge in [0.25, 0.3) is 15.9 Å². The topological polar surface area (TPSA) is 111 Å². The molecule has 0 bridgehead atoms. The smallest absolute Gasteiger partial charge is 0.337 e. The van der Waals surface area contributed by atoms with E-state index in [1.165, 1.54) is 28.4 Å². The maximum Gasteiger partial charge on any atom is 0.337 e. The van der Waals surface area contributed by atoms with Gasteiger partial charge in [-0.2, -0.15) is 9.40 Å². The number of carbonyl (C=O) groups excluding carboxylic acids is 2. The summed E-state index contributed by atoms with van der Waals surface area (Å²) in [6.07, 6.45) is 4.92. The van der Waals surface area contributed by atoms with Crippen molar-refractivity contribution in [3.63, 3.8) is 0 Å². The van der Waals surface area contributed by atoms with Crippen LogP contribution in [0, 0.1) is 0 Å². The Bertz CT molecular complexity index is 1010. The number of benzene rings is 1. The standard InChI is InChI=1S/C19H24N4O5S/c1-22-13-16(17(24)20-15-9-7-8-14(12-15)19(25)28-2)18(21-22)29(26,27)23-10-5-3-4-6-11-23/h7-9,12-13H,3-6,10-11H2,1-2H3,(H,20,24). The molecular weight excluding hydrogens is 396 g/mol. The molecule has 1 fully saturated rings. The molecule has 2 heterocycles. The summed E-state index contributed by atoms with van der Waals surface area (Å²) in [6.45, 7) is 0.836. The zero-order valence-electron chi connectivity index (χ0n) is 16.4. The van der Waals surface area contributed by atoms with E-state index in [9.17, 15) is 18.0 Å². The number of methoxy groups -OCH3 is 1. The van der Waals surface area contributed by atoms with Crippen LogP contribution >= 0.6 is 0 Å². The number of ether oxygens (including phenoxy) is 1. The third kappa shape index (κ3) is 4.65. The molecule has 29 heavy (non-hydrogen) atoms. The summed E-state index contributed by atoms with van der Waals surface area (Å²) < 4.78 is 33.6. The molecule has 9 nitrogen and oxygen atoms in total. The number of nitrogens with one attached hydrogen (secondary N) is 1. The molecule has 0 atom stereocenters. The van der Waals surface area contributed by atoms with Crippen molar-refractivity contribution in [1.29, 1.82) is 0 Å². The van der Waals surface area contributed by atoms with E-state index >= 15 is 0 Å². The van der Waals surface area contributed by atoms with Crippen LogP contribution < -0.4 is 5.32 Å². The molecule has 1 aliphatic heterocycles. The third-order valence-corrected chi connectivity index (χ3v) is 6.57. The van der Waals surface area contributed by atoms with Crippen LogP contribution in [-0.4, -0.2) is 54.6 Å². The SMILES string of the molecule is COC(=O)c1cccc(NC(=O)c2cn(C)nc2S(=O)(=O)N2CCCCCC2)c1. The number of esters is 1. The second kappa shape index (κ2) is 8.75. The summed E-state index contributed by atoms with van der Waals surface area (Å²) >= 11 is 0. The third-order valence-electron chi connectivity index (χ3n) is 4.73. The van der Waals surface area contributed by atoms with Gasteiger partial charge in [0.2, 0.25) is 5.03 Å². The van der Waals surface area contributed by atoms with Crippen molar-refractivity contribution >= 4 is 27.6 Å². The molecule has 0 aliphatic carbocycles. The van der Waals surface area contributed by atoms with Crippen LogP contribution in [-0.2, 0) is 21.8 Å². The lowest BCUT2D eigenvalue weighted by molar-refractivity contribution is 0.0600. The quantitative estimate of drug-likeness (QED) is 0.741. The number of rotatable bonds is 5. The van der Waals surface area contributed by atoms with Gasteiger partial charge < -0.3 is 10.1 Å². The van der Waals surface area contributed by atoms with Gasteiger partial charge >= 0.3 is 5.97 Å². The monoisotopic (exact) mass is 420 g/mol. The fourth-order valence-corrected chi connectivity index (χ4v) is 4.90. The van der Waals surface area contributed by atoms with Crippen LogP contribution in [0.2, 0.25) is 0 Å². The predicted octanol–water partition coefficient (Wildman–Crippen LogP) is 2.02. The van der Waals surface area contributed by atoms with Crippen molar-refractivity contribution in [2.24, 2.45) is 7.05 Å². The Morgan fingerprint density at radius 1 is 1.14 bits per heavy atom. The molecule has 1 amide bonds.